The number of thioether (sulfide) groups is 1. The largest absolute Gasteiger partial charge is 0.325 e. The van der Waals surface area contributed by atoms with Crippen LogP contribution in [0.3, 0.4) is 0 Å². The molecule has 1 heterocycles. The summed E-state index contributed by atoms with van der Waals surface area (Å²) < 4.78 is 15.0. The lowest BCUT2D eigenvalue weighted by molar-refractivity contribution is -0.113. The Bertz CT molecular complexity index is 906. The van der Waals surface area contributed by atoms with Crippen molar-refractivity contribution in [3.63, 3.8) is 0 Å². The van der Waals surface area contributed by atoms with E-state index in [0.29, 0.717) is 6.54 Å². The van der Waals surface area contributed by atoms with Crippen molar-refractivity contribution < 1.29 is 9.18 Å². The van der Waals surface area contributed by atoms with Crippen LogP contribution in [0.15, 0.2) is 60.0 Å². The molecule has 1 N–H and O–H groups in total. The van der Waals surface area contributed by atoms with Crippen LogP contribution in [0.1, 0.15) is 16.7 Å². The lowest BCUT2D eigenvalue weighted by Crippen LogP contribution is -2.15. The van der Waals surface area contributed by atoms with E-state index >= 15 is 0 Å². The Morgan fingerprint density at radius 3 is 2.73 bits per heavy atom. The lowest BCUT2D eigenvalue weighted by atomic mass is 10.1. The number of nitrogens with one attached hydrogen (secondary N) is 1. The van der Waals surface area contributed by atoms with E-state index in [-0.39, 0.29) is 17.5 Å². The molecule has 1 amide bonds. The van der Waals surface area contributed by atoms with Gasteiger partial charge < -0.3 is 9.88 Å². The molecule has 1 aromatic heterocycles. The van der Waals surface area contributed by atoms with Crippen molar-refractivity contribution >= 4 is 23.4 Å². The predicted molar refractivity (Wildman–Crippen MR) is 103 cm³/mol. The number of benzene rings is 2. The maximum Gasteiger partial charge on any atom is 0.234 e. The summed E-state index contributed by atoms with van der Waals surface area (Å²) >= 11 is 1.38. The van der Waals surface area contributed by atoms with Crippen LogP contribution in [0.5, 0.6) is 0 Å². The van der Waals surface area contributed by atoms with Crippen molar-refractivity contribution in [1.29, 1.82) is 0 Å². The minimum atomic E-state index is -0.253. The van der Waals surface area contributed by atoms with Crippen molar-refractivity contribution in [2.45, 2.75) is 25.5 Å². The smallest absolute Gasteiger partial charge is 0.234 e. The molecule has 2 aromatic carbocycles. The first kappa shape index (κ1) is 18.2. The fourth-order valence-electron chi connectivity index (χ4n) is 2.53. The molecule has 0 unspecified atom stereocenters. The van der Waals surface area contributed by atoms with E-state index in [4.69, 9.17) is 0 Å². The molecule has 3 rings (SSSR count). The van der Waals surface area contributed by atoms with Crippen molar-refractivity contribution in [2.24, 2.45) is 0 Å². The number of hydrogen-bond donors (Lipinski definition) is 1. The summed E-state index contributed by atoms with van der Waals surface area (Å²) in [5.41, 5.74) is 3.96. The Hall–Kier alpha value is -2.60. The quantitative estimate of drug-likeness (QED) is 0.655. The molecular weight excluding hydrogens is 349 g/mol. The van der Waals surface area contributed by atoms with Crippen LogP contribution < -0.4 is 5.32 Å². The molecule has 0 atom stereocenters. The molecule has 0 saturated heterocycles. The number of carbonyl (C=O) groups is 1. The molecule has 0 aliphatic rings. The highest BCUT2D eigenvalue weighted by molar-refractivity contribution is 7.99. The summed E-state index contributed by atoms with van der Waals surface area (Å²) in [5, 5.41) is 3.71. The number of aryl methyl sites for hydroxylation is 2. The van der Waals surface area contributed by atoms with Gasteiger partial charge >= 0.3 is 0 Å². The molecule has 0 aliphatic heterocycles. The van der Waals surface area contributed by atoms with Gasteiger partial charge in [0.1, 0.15) is 5.82 Å². The van der Waals surface area contributed by atoms with Gasteiger partial charge in [-0.25, -0.2) is 9.37 Å². The van der Waals surface area contributed by atoms with E-state index in [1.165, 1.54) is 23.9 Å². The molecule has 0 fully saturated rings. The standard InChI is InChI=1S/C20H20FN3OS/c1-14-3-4-15(2)18(11-14)23-19(25)13-26-20-22-9-10-24(20)12-16-5-7-17(21)8-6-16/h3-11H,12-13H2,1-2H3,(H,23,25). The Morgan fingerprint density at radius 2 is 1.96 bits per heavy atom. The summed E-state index contributed by atoms with van der Waals surface area (Å²) in [6, 6.07) is 12.4. The number of aromatic nitrogens is 2. The van der Waals surface area contributed by atoms with Crippen LogP contribution in [0.4, 0.5) is 10.1 Å². The number of rotatable bonds is 6. The minimum absolute atomic E-state index is 0.0694. The third-order valence-corrected chi connectivity index (χ3v) is 4.95. The molecule has 4 nitrogen and oxygen atoms in total. The third kappa shape index (κ3) is 4.73. The van der Waals surface area contributed by atoms with E-state index < -0.39 is 0 Å². The molecule has 0 radical (unpaired) electrons. The highest BCUT2D eigenvalue weighted by Gasteiger charge is 2.10. The second-order valence-corrected chi connectivity index (χ2v) is 7.06. The third-order valence-electron chi connectivity index (χ3n) is 3.94. The topological polar surface area (TPSA) is 46.9 Å². The maximum atomic E-state index is 13.0. The lowest BCUT2D eigenvalue weighted by Gasteiger charge is -2.10. The highest BCUT2D eigenvalue weighted by atomic mass is 32.2. The van der Waals surface area contributed by atoms with E-state index in [9.17, 15) is 9.18 Å². The van der Waals surface area contributed by atoms with Crippen molar-refractivity contribution in [1.82, 2.24) is 9.55 Å². The summed E-state index contributed by atoms with van der Waals surface area (Å²) in [4.78, 5) is 16.6. The van der Waals surface area contributed by atoms with E-state index in [0.717, 1.165) is 27.5 Å². The van der Waals surface area contributed by atoms with E-state index in [1.54, 1.807) is 18.3 Å². The number of hydrogen-bond acceptors (Lipinski definition) is 3. The second kappa shape index (κ2) is 8.19. The summed E-state index contributed by atoms with van der Waals surface area (Å²) in [7, 11) is 0. The van der Waals surface area contributed by atoms with E-state index in [2.05, 4.69) is 10.3 Å². The molecule has 6 heteroatoms. The second-order valence-electron chi connectivity index (χ2n) is 6.12. The number of amides is 1. The van der Waals surface area contributed by atoms with Crippen LogP contribution in [-0.4, -0.2) is 21.2 Å². The van der Waals surface area contributed by atoms with Crippen LogP contribution in [0, 0.1) is 19.7 Å². The van der Waals surface area contributed by atoms with Crippen molar-refractivity contribution in [2.75, 3.05) is 11.1 Å². The van der Waals surface area contributed by atoms with Crippen LogP contribution in [0.25, 0.3) is 0 Å². The van der Waals surface area contributed by atoms with Crippen LogP contribution >= 0.6 is 11.8 Å². The average Bonchev–Trinajstić information content (AvgIpc) is 3.05. The Balaban J connectivity index is 1.60. The first-order valence-corrected chi connectivity index (χ1v) is 9.25. The zero-order chi connectivity index (χ0) is 18.5. The minimum Gasteiger partial charge on any atom is -0.325 e. The van der Waals surface area contributed by atoms with Gasteiger partial charge in [0.2, 0.25) is 5.91 Å². The van der Waals surface area contributed by atoms with Crippen molar-refractivity contribution in [3.05, 3.63) is 77.4 Å². The van der Waals surface area contributed by atoms with Crippen LogP contribution in [-0.2, 0) is 11.3 Å². The fraction of sp³-hybridized carbons (Fsp3) is 0.200. The predicted octanol–water partition coefficient (Wildman–Crippen LogP) is 4.42. The average molecular weight is 369 g/mol. The Morgan fingerprint density at radius 1 is 1.19 bits per heavy atom. The van der Waals surface area contributed by atoms with Gasteiger partial charge in [-0.05, 0) is 48.7 Å². The zero-order valence-corrected chi connectivity index (χ0v) is 15.5. The van der Waals surface area contributed by atoms with Crippen LogP contribution in [0.2, 0.25) is 0 Å². The van der Waals surface area contributed by atoms with Gasteiger partial charge in [-0.1, -0.05) is 36.0 Å². The van der Waals surface area contributed by atoms with Gasteiger partial charge in [0.15, 0.2) is 5.16 Å². The fourth-order valence-corrected chi connectivity index (χ4v) is 3.29. The highest BCUT2D eigenvalue weighted by Crippen LogP contribution is 2.20. The van der Waals surface area contributed by atoms with E-state index in [1.807, 2.05) is 42.8 Å². The number of anilines is 1. The van der Waals surface area contributed by atoms with Crippen molar-refractivity contribution in [3.8, 4) is 0 Å². The molecule has 3 aromatic rings. The van der Waals surface area contributed by atoms with Gasteiger partial charge in [0.05, 0.1) is 5.75 Å². The first-order chi connectivity index (χ1) is 12.5. The number of carbonyl (C=O) groups excluding carboxylic acids is 1. The number of halogens is 1. The first-order valence-electron chi connectivity index (χ1n) is 8.27. The molecular formula is C20H20FN3OS. The monoisotopic (exact) mass is 369 g/mol. The molecule has 0 spiro atoms. The molecule has 0 aliphatic carbocycles. The normalized spacial score (nSPS) is 10.7. The molecule has 0 saturated carbocycles. The van der Waals surface area contributed by atoms with Gasteiger partial charge in [-0.3, -0.25) is 4.79 Å². The molecule has 26 heavy (non-hydrogen) atoms. The molecule has 134 valence electrons. The van der Waals surface area contributed by atoms with Gasteiger partial charge in [0, 0.05) is 24.6 Å². The Kier molecular flexibility index (Phi) is 5.73. The number of imidazole rings is 1. The van der Waals surface area contributed by atoms with Gasteiger partial charge in [-0.15, -0.1) is 0 Å². The summed E-state index contributed by atoms with van der Waals surface area (Å²) in [6.45, 7) is 4.55. The maximum absolute atomic E-state index is 13.0. The van der Waals surface area contributed by atoms with Gasteiger partial charge in [0.25, 0.3) is 0 Å². The summed E-state index contributed by atoms with van der Waals surface area (Å²) in [5.74, 6) is -0.0505. The summed E-state index contributed by atoms with van der Waals surface area (Å²) in [6.07, 6.45) is 3.56. The van der Waals surface area contributed by atoms with Gasteiger partial charge in [-0.2, -0.15) is 0 Å². The zero-order valence-electron chi connectivity index (χ0n) is 14.7. The molecule has 0 bridgehead atoms. The SMILES string of the molecule is Cc1ccc(C)c(NC(=O)CSc2nccn2Cc2ccc(F)cc2)c1. The number of nitrogens with zero attached hydrogens (tertiary/aromatic N) is 2. The Labute approximate surface area is 156 Å².